The van der Waals surface area contributed by atoms with Crippen molar-refractivity contribution in [2.45, 2.75) is 26.2 Å². The highest BCUT2D eigenvalue weighted by Gasteiger charge is 2.23. The summed E-state index contributed by atoms with van der Waals surface area (Å²) in [5.41, 5.74) is 5.53. The average Bonchev–Trinajstić information content (AvgIpc) is 2.61. The van der Waals surface area contributed by atoms with E-state index in [9.17, 15) is 4.79 Å². The monoisotopic (exact) mass is 316 g/mol. The van der Waals surface area contributed by atoms with Gasteiger partial charge in [0.2, 0.25) is 5.91 Å². The lowest BCUT2D eigenvalue weighted by Gasteiger charge is -2.30. The molecule has 120 valence electrons. The molecular formula is C21H20N2O. The SMILES string of the molecule is Cc1ccc2c(c1)CCCN2C(=O)Cc1cccc2cccnc12. The molecule has 0 unspecified atom stereocenters. The van der Waals surface area contributed by atoms with E-state index < -0.39 is 0 Å². The normalized spacial score (nSPS) is 13.8. The second-order valence-corrected chi connectivity index (χ2v) is 6.45. The first kappa shape index (κ1) is 14.9. The Morgan fingerprint density at radius 2 is 2.04 bits per heavy atom. The Kier molecular flexibility index (Phi) is 3.77. The number of aryl methyl sites for hydroxylation is 2. The number of anilines is 1. The van der Waals surface area contributed by atoms with Gasteiger partial charge in [0.25, 0.3) is 0 Å². The fourth-order valence-corrected chi connectivity index (χ4v) is 3.55. The standard InChI is InChI=1S/C21H20N2O/c1-15-9-10-19-17(13-15)8-4-12-23(19)20(24)14-18-6-2-5-16-7-3-11-22-21(16)18/h2-3,5-7,9-11,13H,4,8,12,14H2,1H3. The lowest BCUT2D eigenvalue weighted by molar-refractivity contribution is -0.118. The average molecular weight is 316 g/mol. The van der Waals surface area contributed by atoms with Gasteiger partial charge in [-0.1, -0.05) is 42.0 Å². The highest BCUT2D eigenvalue weighted by atomic mass is 16.2. The van der Waals surface area contributed by atoms with Crippen LogP contribution in [0.5, 0.6) is 0 Å². The molecule has 0 aliphatic carbocycles. The molecule has 1 aliphatic heterocycles. The zero-order valence-corrected chi connectivity index (χ0v) is 13.8. The van der Waals surface area contributed by atoms with Crippen LogP contribution >= 0.6 is 0 Å². The van der Waals surface area contributed by atoms with Crippen LogP contribution in [-0.4, -0.2) is 17.4 Å². The van der Waals surface area contributed by atoms with Gasteiger partial charge in [0.05, 0.1) is 11.9 Å². The minimum atomic E-state index is 0.151. The maximum Gasteiger partial charge on any atom is 0.231 e. The van der Waals surface area contributed by atoms with Gasteiger partial charge < -0.3 is 4.90 Å². The van der Waals surface area contributed by atoms with E-state index in [1.807, 2.05) is 35.2 Å². The van der Waals surface area contributed by atoms with Crippen molar-refractivity contribution in [1.29, 1.82) is 0 Å². The van der Waals surface area contributed by atoms with Gasteiger partial charge in [-0.3, -0.25) is 9.78 Å². The fourth-order valence-electron chi connectivity index (χ4n) is 3.55. The Labute approximate surface area is 141 Å². The van der Waals surface area contributed by atoms with E-state index in [0.717, 1.165) is 41.5 Å². The molecule has 24 heavy (non-hydrogen) atoms. The third-order valence-electron chi connectivity index (χ3n) is 4.71. The van der Waals surface area contributed by atoms with Crippen molar-refractivity contribution in [3.8, 4) is 0 Å². The summed E-state index contributed by atoms with van der Waals surface area (Å²) in [4.78, 5) is 19.4. The fraction of sp³-hybridized carbons (Fsp3) is 0.238. The number of nitrogens with zero attached hydrogens (tertiary/aromatic N) is 2. The molecule has 1 aliphatic rings. The number of benzene rings is 2. The van der Waals surface area contributed by atoms with Gasteiger partial charge in [0.15, 0.2) is 0 Å². The number of fused-ring (bicyclic) bond motifs is 2. The van der Waals surface area contributed by atoms with Crippen LogP contribution in [0.4, 0.5) is 5.69 Å². The van der Waals surface area contributed by atoms with Crippen molar-refractivity contribution < 1.29 is 4.79 Å². The Hall–Kier alpha value is -2.68. The number of carbonyl (C=O) groups excluding carboxylic acids is 1. The molecule has 1 aromatic heterocycles. The summed E-state index contributed by atoms with van der Waals surface area (Å²) in [6.45, 7) is 2.90. The van der Waals surface area contributed by atoms with Crippen LogP contribution in [0.2, 0.25) is 0 Å². The molecule has 2 heterocycles. The summed E-state index contributed by atoms with van der Waals surface area (Å²) in [6, 6.07) is 16.4. The van der Waals surface area contributed by atoms with Crippen LogP contribution in [0.25, 0.3) is 10.9 Å². The van der Waals surface area contributed by atoms with Gasteiger partial charge >= 0.3 is 0 Å². The Morgan fingerprint density at radius 3 is 2.96 bits per heavy atom. The Morgan fingerprint density at radius 1 is 1.17 bits per heavy atom. The van der Waals surface area contributed by atoms with Crippen molar-refractivity contribution in [2.24, 2.45) is 0 Å². The lowest BCUT2D eigenvalue weighted by atomic mass is 9.98. The second kappa shape index (κ2) is 6.08. The summed E-state index contributed by atoms with van der Waals surface area (Å²) in [5.74, 6) is 0.151. The zero-order valence-electron chi connectivity index (χ0n) is 13.8. The maximum absolute atomic E-state index is 13.0. The van der Waals surface area contributed by atoms with E-state index in [1.54, 1.807) is 6.20 Å². The lowest BCUT2D eigenvalue weighted by Crippen LogP contribution is -2.36. The number of hydrogen-bond acceptors (Lipinski definition) is 2. The van der Waals surface area contributed by atoms with Crippen LogP contribution in [0.3, 0.4) is 0 Å². The summed E-state index contributed by atoms with van der Waals surface area (Å²) in [7, 11) is 0. The predicted octanol–water partition coefficient (Wildman–Crippen LogP) is 4.07. The third kappa shape index (κ3) is 2.67. The van der Waals surface area contributed by atoms with Gasteiger partial charge in [-0.25, -0.2) is 0 Å². The first-order valence-corrected chi connectivity index (χ1v) is 8.45. The molecule has 0 atom stereocenters. The van der Waals surface area contributed by atoms with Crippen molar-refractivity contribution in [1.82, 2.24) is 4.98 Å². The van der Waals surface area contributed by atoms with Gasteiger partial charge in [-0.2, -0.15) is 0 Å². The summed E-state index contributed by atoms with van der Waals surface area (Å²) in [5, 5.41) is 1.08. The first-order valence-electron chi connectivity index (χ1n) is 8.45. The molecule has 3 aromatic rings. The van der Waals surface area contributed by atoms with Crippen LogP contribution in [-0.2, 0) is 17.6 Å². The van der Waals surface area contributed by atoms with Gasteiger partial charge in [-0.15, -0.1) is 0 Å². The number of pyridine rings is 1. The predicted molar refractivity (Wildman–Crippen MR) is 97.3 cm³/mol. The molecule has 1 amide bonds. The zero-order chi connectivity index (χ0) is 16.5. The molecule has 2 aromatic carbocycles. The van der Waals surface area contributed by atoms with Crippen molar-refractivity contribution >= 4 is 22.5 Å². The largest absolute Gasteiger partial charge is 0.312 e. The number of para-hydroxylation sites is 1. The molecule has 4 rings (SSSR count). The van der Waals surface area contributed by atoms with E-state index >= 15 is 0 Å². The molecule has 0 saturated carbocycles. The van der Waals surface area contributed by atoms with Crippen LogP contribution in [0.1, 0.15) is 23.1 Å². The highest BCUT2D eigenvalue weighted by Crippen LogP contribution is 2.29. The summed E-state index contributed by atoms with van der Waals surface area (Å²) in [6.07, 6.45) is 4.25. The molecule has 3 heteroatoms. The number of aromatic nitrogens is 1. The van der Waals surface area contributed by atoms with Crippen LogP contribution in [0, 0.1) is 6.92 Å². The quantitative estimate of drug-likeness (QED) is 0.714. The summed E-state index contributed by atoms with van der Waals surface area (Å²) >= 11 is 0. The van der Waals surface area contributed by atoms with Crippen LogP contribution < -0.4 is 4.90 Å². The topological polar surface area (TPSA) is 33.2 Å². The highest BCUT2D eigenvalue weighted by molar-refractivity contribution is 5.98. The Bertz CT molecular complexity index is 911. The molecule has 3 nitrogen and oxygen atoms in total. The van der Waals surface area contributed by atoms with Gasteiger partial charge in [0, 0.05) is 23.8 Å². The maximum atomic E-state index is 13.0. The van der Waals surface area contributed by atoms with E-state index in [4.69, 9.17) is 0 Å². The van der Waals surface area contributed by atoms with Gasteiger partial charge in [-0.05, 0) is 43.0 Å². The molecule has 0 fully saturated rings. The van der Waals surface area contributed by atoms with Gasteiger partial charge in [0.1, 0.15) is 0 Å². The van der Waals surface area contributed by atoms with Crippen molar-refractivity contribution in [2.75, 3.05) is 11.4 Å². The van der Waals surface area contributed by atoms with E-state index in [-0.39, 0.29) is 5.91 Å². The van der Waals surface area contributed by atoms with Crippen molar-refractivity contribution in [3.05, 3.63) is 71.4 Å². The molecule has 0 spiro atoms. The molecule has 0 bridgehead atoms. The molecule has 0 radical (unpaired) electrons. The number of hydrogen-bond donors (Lipinski definition) is 0. The first-order chi connectivity index (χ1) is 11.7. The van der Waals surface area contributed by atoms with E-state index in [1.165, 1.54) is 11.1 Å². The Balaban J connectivity index is 1.66. The van der Waals surface area contributed by atoms with E-state index in [0.29, 0.717) is 6.42 Å². The summed E-state index contributed by atoms with van der Waals surface area (Å²) < 4.78 is 0. The minimum absolute atomic E-state index is 0.151. The molecule has 0 saturated heterocycles. The van der Waals surface area contributed by atoms with Crippen LogP contribution in [0.15, 0.2) is 54.7 Å². The molecular weight excluding hydrogens is 296 g/mol. The number of rotatable bonds is 2. The second-order valence-electron chi connectivity index (χ2n) is 6.45. The third-order valence-corrected chi connectivity index (χ3v) is 4.71. The number of carbonyl (C=O) groups is 1. The minimum Gasteiger partial charge on any atom is -0.312 e. The number of amides is 1. The van der Waals surface area contributed by atoms with Crippen molar-refractivity contribution in [3.63, 3.8) is 0 Å². The van der Waals surface area contributed by atoms with E-state index in [2.05, 4.69) is 30.1 Å². The molecule has 0 N–H and O–H groups in total. The smallest absolute Gasteiger partial charge is 0.231 e.